The first-order chi connectivity index (χ1) is 31.9. The largest absolute Gasteiger partial charge is 0.392 e. The van der Waals surface area contributed by atoms with Crippen LogP contribution in [0.5, 0.6) is 0 Å². The van der Waals surface area contributed by atoms with Gasteiger partial charge >= 0.3 is 0 Å². The molecule has 3 unspecified atom stereocenters. The highest BCUT2D eigenvalue weighted by Gasteiger charge is 2.16. The molecule has 0 rings (SSSR count). The zero-order chi connectivity index (χ0) is 47.4. The third-order valence-electron chi connectivity index (χ3n) is 12.5. The Labute approximate surface area is 405 Å². The molecule has 0 radical (unpaired) electrons. The molecule has 380 valence electrons. The molecule has 6 heteroatoms. The molecule has 4 N–H and O–H groups in total. The lowest BCUT2D eigenvalue weighted by molar-refractivity contribution is 0.0565. The van der Waals surface area contributed by atoms with Crippen LogP contribution in [0.1, 0.15) is 233 Å². The van der Waals surface area contributed by atoms with Crippen molar-refractivity contribution >= 4 is 0 Å². The summed E-state index contributed by atoms with van der Waals surface area (Å²) in [5.74, 6) is 0. The lowest BCUT2D eigenvalue weighted by Crippen LogP contribution is -2.43. The second-order valence-corrected chi connectivity index (χ2v) is 19.2. The fourth-order valence-electron chi connectivity index (χ4n) is 8.14. The van der Waals surface area contributed by atoms with Crippen LogP contribution in [0.3, 0.4) is 0 Å². The number of aliphatic hydroxyl groups excluding tert-OH is 3. The number of likely N-dealkylation sites (N-methyl/N-ethyl adjacent to an activating group) is 1. The maximum absolute atomic E-state index is 11.1. The molecule has 0 heterocycles. The molecular formula is C59H111N3O3. The number of nitrogens with zero attached hydrogens (tertiary/aromatic N) is 2. The Balaban J connectivity index is 4.53. The summed E-state index contributed by atoms with van der Waals surface area (Å²) in [7, 11) is 2.15. The standard InChI is InChI=1S/C59H111N3O3/c1-5-8-11-14-17-20-23-26-29-32-35-38-41-44-47-57(63)54-60-50-51-61(4)52-53-62(55-58(64)48-45-42-39-36-33-30-27-24-21-18-15-12-9-6-2)56-59(65)49-46-43-40-37-34-31-28-25-22-19-16-13-10-7-3/h23-28,32-37,57-60,63-65H,5-22,29-31,38-56H2,1-4H3/b26-23-,27-24-,28-25-,35-32-,36-33-,37-34-. The third-order valence-corrected chi connectivity index (χ3v) is 12.5. The van der Waals surface area contributed by atoms with E-state index in [0.29, 0.717) is 19.6 Å². The van der Waals surface area contributed by atoms with Crippen molar-refractivity contribution in [2.75, 3.05) is 52.9 Å². The molecule has 0 spiro atoms. The van der Waals surface area contributed by atoms with Gasteiger partial charge in [0.2, 0.25) is 0 Å². The molecule has 3 atom stereocenters. The first-order valence-corrected chi connectivity index (χ1v) is 28.0. The number of aliphatic hydroxyl groups is 3. The highest BCUT2D eigenvalue weighted by atomic mass is 16.3. The van der Waals surface area contributed by atoms with Crippen LogP contribution in [-0.2, 0) is 0 Å². The predicted molar refractivity (Wildman–Crippen MR) is 289 cm³/mol. The number of allylic oxidation sites excluding steroid dienone is 12. The molecule has 0 saturated carbocycles. The molecule has 0 aliphatic rings. The van der Waals surface area contributed by atoms with Crippen LogP contribution in [0.2, 0.25) is 0 Å². The zero-order valence-corrected chi connectivity index (χ0v) is 43.7. The molecule has 0 fully saturated rings. The number of unbranched alkanes of at least 4 members (excludes halogenated alkanes) is 21. The van der Waals surface area contributed by atoms with Crippen molar-refractivity contribution in [1.82, 2.24) is 15.1 Å². The van der Waals surface area contributed by atoms with Gasteiger partial charge in [0, 0.05) is 45.8 Å². The maximum Gasteiger partial charge on any atom is 0.0667 e. The van der Waals surface area contributed by atoms with Gasteiger partial charge in [0.15, 0.2) is 0 Å². The van der Waals surface area contributed by atoms with E-state index >= 15 is 0 Å². The molecule has 0 aromatic rings. The summed E-state index contributed by atoms with van der Waals surface area (Å²) >= 11 is 0. The average molecular weight is 911 g/mol. The fourth-order valence-corrected chi connectivity index (χ4v) is 8.14. The van der Waals surface area contributed by atoms with Gasteiger partial charge in [-0.2, -0.15) is 0 Å². The van der Waals surface area contributed by atoms with E-state index in [1.165, 1.54) is 116 Å². The van der Waals surface area contributed by atoms with E-state index < -0.39 is 0 Å². The van der Waals surface area contributed by atoms with E-state index in [2.05, 4.69) is 116 Å². The quantitative estimate of drug-likeness (QED) is 0.0360. The number of nitrogens with one attached hydrogen (secondary N) is 1. The smallest absolute Gasteiger partial charge is 0.0667 e. The maximum atomic E-state index is 11.1. The van der Waals surface area contributed by atoms with Crippen LogP contribution >= 0.6 is 0 Å². The first kappa shape index (κ1) is 63.2. The number of rotatable bonds is 51. The van der Waals surface area contributed by atoms with Crippen LogP contribution in [0, 0.1) is 0 Å². The molecule has 65 heavy (non-hydrogen) atoms. The highest BCUT2D eigenvalue weighted by Crippen LogP contribution is 2.12. The van der Waals surface area contributed by atoms with E-state index in [1.54, 1.807) is 0 Å². The lowest BCUT2D eigenvalue weighted by Gasteiger charge is -2.29. The second-order valence-electron chi connectivity index (χ2n) is 19.2. The van der Waals surface area contributed by atoms with E-state index in [-0.39, 0.29) is 18.3 Å². The van der Waals surface area contributed by atoms with Gasteiger partial charge in [-0.1, -0.05) is 190 Å². The Kier molecular flexibility index (Phi) is 51.7. The molecular weight excluding hydrogens is 799 g/mol. The van der Waals surface area contributed by atoms with Gasteiger partial charge < -0.3 is 25.5 Å². The van der Waals surface area contributed by atoms with Gasteiger partial charge in [0.25, 0.3) is 0 Å². The first-order valence-electron chi connectivity index (χ1n) is 28.0. The minimum absolute atomic E-state index is 0.302. The number of hydrogen-bond donors (Lipinski definition) is 4. The van der Waals surface area contributed by atoms with E-state index in [4.69, 9.17) is 0 Å². The van der Waals surface area contributed by atoms with Crippen molar-refractivity contribution in [2.24, 2.45) is 0 Å². The van der Waals surface area contributed by atoms with Crippen molar-refractivity contribution < 1.29 is 15.3 Å². The summed E-state index contributed by atoms with van der Waals surface area (Å²) in [6.45, 7) is 12.1. The van der Waals surface area contributed by atoms with Crippen LogP contribution in [0.4, 0.5) is 0 Å². The van der Waals surface area contributed by atoms with Crippen LogP contribution < -0.4 is 5.32 Å². The Morgan fingerprint density at radius 2 is 0.692 bits per heavy atom. The normalized spacial score (nSPS) is 14.2. The van der Waals surface area contributed by atoms with Crippen LogP contribution in [0.25, 0.3) is 0 Å². The molecule has 0 bridgehead atoms. The predicted octanol–water partition coefficient (Wildman–Crippen LogP) is 15.2. The van der Waals surface area contributed by atoms with Gasteiger partial charge in [-0.15, -0.1) is 0 Å². The molecule has 0 saturated heterocycles. The summed E-state index contributed by atoms with van der Waals surface area (Å²) in [5.41, 5.74) is 0. The van der Waals surface area contributed by atoms with Crippen molar-refractivity contribution in [3.8, 4) is 0 Å². The summed E-state index contributed by atoms with van der Waals surface area (Å²) in [6.07, 6.45) is 65.5. The van der Waals surface area contributed by atoms with Gasteiger partial charge in [-0.05, 0) is 123 Å². The molecule has 0 aliphatic carbocycles. The van der Waals surface area contributed by atoms with E-state index in [1.807, 2.05) is 0 Å². The van der Waals surface area contributed by atoms with Crippen molar-refractivity contribution in [3.63, 3.8) is 0 Å². The molecule has 0 aromatic heterocycles. The SMILES string of the molecule is CCCCCCC/C=C\C/C=C\CCCCC(O)CNCCN(C)CCN(CC(O)CCCC/C=C\C/C=C\CCCCCCC)CC(O)CCCC/C=C\C/C=C\CCCCCCC. The minimum Gasteiger partial charge on any atom is -0.392 e. The van der Waals surface area contributed by atoms with Crippen molar-refractivity contribution in [2.45, 2.75) is 251 Å². The van der Waals surface area contributed by atoms with Gasteiger partial charge in [0.05, 0.1) is 18.3 Å². The zero-order valence-electron chi connectivity index (χ0n) is 43.7. The summed E-state index contributed by atoms with van der Waals surface area (Å²) in [4.78, 5) is 4.61. The Morgan fingerprint density at radius 3 is 1.05 bits per heavy atom. The average Bonchev–Trinajstić information content (AvgIpc) is 3.29. The van der Waals surface area contributed by atoms with E-state index in [9.17, 15) is 15.3 Å². The Morgan fingerprint density at radius 1 is 0.369 bits per heavy atom. The second kappa shape index (κ2) is 53.2. The minimum atomic E-state index is -0.381. The van der Waals surface area contributed by atoms with Gasteiger partial charge in [-0.3, -0.25) is 4.90 Å². The number of hydrogen-bond acceptors (Lipinski definition) is 6. The molecule has 0 aromatic carbocycles. The fraction of sp³-hybridized carbons (Fsp3) is 0.797. The van der Waals surface area contributed by atoms with Gasteiger partial charge in [0.1, 0.15) is 0 Å². The molecule has 6 nitrogen and oxygen atoms in total. The van der Waals surface area contributed by atoms with Crippen molar-refractivity contribution in [3.05, 3.63) is 72.9 Å². The lowest BCUT2D eigenvalue weighted by atomic mass is 10.1. The summed E-state index contributed by atoms with van der Waals surface area (Å²) in [5, 5.41) is 36.2. The molecule has 0 aliphatic heterocycles. The van der Waals surface area contributed by atoms with E-state index in [0.717, 1.165) is 122 Å². The van der Waals surface area contributed by atoms with Crippen LogP contribution in [-0.4, -0.2) is 96.3 Å². The molecule has 0 amide bonds. The van der Waals surface area contributed by atoms with Crippen LogP contribution in [0.15, 0.2) is 72.9 Å². The topological polar surface area (TPSA) is 79.2 Å². The highest BCUT2D eigenvalue weighted by molar-refractivity contribution is 4.94. The summed E-state index contributed by atoms with van der Waals surface area (Å²) in [6, 6.07) is 0. The Hall–Kier alpha value is -1.80. The third kappa shape index (κ3) is 51.4. The van der Waals surface area contributed by atoms with Gasteiger partial charge in [-0.25, -0.2) is 0 Å². The monoisotopic (exact) mass is 910 g/mol. The Bertz CT molecular complexity index is 1060. The summed E-state index contributed by atoms with van der Waals surface area (Å²) < 4.78 is 0. The van der Waals surface area contributed by atoms with Crippen molar-refractivity contribution in [1.29, 1.82) is 0 Å².